The van der Waals surface area contributed by atoms with Crippen molar-refractivity contribution in [3.63, 3.8) is 0 Å². The molecule has 0 aromatic rings. The third kappa shape index (κ3) is 37.9. The normalized spacial score (nSPS) is 13.4. The zero-order valence-electron chi connectivity index (χ0n) is 38.3. The van der Waals surface area contributed by atoms with E-state index < -0.39 is 48.3 Å². The predicted molar refractivity (Wildman–Crippen MR) is 241 cm³/mol. The first-order chi connectivity index (χ1) is 29.9. The highest BCUT2D eigenvalue weighted by molar-refractivity contribution is 5.77. The summed E-state index contributed by atoms with van der Waals surface area (Å²) in [7, 11) is 0. The van der Waals surface area contributed by atoms with Crippen LogP contribution in [0.1, 0.15) is 206 Å². The molecule has 2 amide bonds. The topological polar surface area (TPSA) is 226 Å². The molecule has 0 saturated heterocycles. The lowest BCUT2D eigenvalue weighted by atomic mass is 10.0. The van der Waals surface area contributed by atoms with E-state index in [9.17, 15) is 39.0 Å². The Morgan fingerprint density at radius 2 is 0.823 bits per heavy atom. The first-order valence-electron chi connectivity index (χ1n) is 23.9. The lowest BCUT2D eigenvalue weighted by Gasteiger charge is -2.22. The summed E-state index contributed by atoms with van der Waals surface area (Å²) in [4.78, 5) is 70.1. The standard InChI is InChI=1S/C48H84N2O12/c1-3-5-19-29-41(61-47(59)35-25-33-45(55)56)39(51)27-21-15-11-7-9-13-17-23-31-43(53)49-37-38-50-44(54)32-24-18-14-10-8-12-16-22-28-40(52)42(30-20-6-4-2)62-48(60)36-26-34-46(57)58/h15-16,21-22,39-42,51-52H,3-14,17-20,23-38H2,1-2H3,(H,49,53)(H,50,54)(H,55,56)(H,57,58)/b21-15-,22-16+. The Bertz CT molecular complexity index is 1160. The number of rotatable bonds is 43. The number of hydrogen-bond donors (Lipinski definition) is 6. The van der Waals surface area contributed by atoms with Gasteiger partial charge in [0.15, 0.2) is 0 Å². The summed E-state index contributed by atoms with van der Waals surface area (Å²) in [6.07, 6.45) is 25.5. The van der Waals surface area contributed by atoms with Gasteiger partial charge in [0.05, 0.1) is 12.2 Å². The van der Waals surface area contributed by atoms with E-state index in [1.54, 1.807) is 0 Å². The molecule has 14 nitrogen and oxygen atoms in total. The number of carbonyl (C=O) groups is 6. The van der Waals surface area contributed by atoms with Crippen LogP contribution in [0, 0.1) is 0 Å². The van der Waals surface area contributed by atoms with Crippen LogP contribution in [0.2, 0.25) is 0 Å². The zero-order valence-corrected chi connectivity index (χ0v) is 38.3. The first kappa shape index (κ1) is 58.2. The van der Waals surface area contributed by atoms with Crippen molar-refractivity contribution in [2.24, 2.45) is 0 Å². The molecule has 0 fully saturated rings. The molecule has 0 heterocycles. The van der Waals surface area contributed by atoms with E-state index in [0.717, 1.165) is 116 Å². The Balaban J connectivity index is 3.94. The molecule has 0 aliphatic heterocycles. The number of carbonyl (C=O) groups excluding carboxylic acids is 4. The molecule has 0 rings (SSSR count). The third-order valence-corrected chi connectivity index (χ3v) is 10.6. The molecule has 0 aliphatic carbocycles. The molecule has 14 heteroatoms. The Morgan fingerprint density at radius 1 is 0.452 bits per heavy atom. The zero-order chi connectivity index (χ0) is 46.1. The fourth-order valence-corrected chi connectivity index (χ4v) is 6.82. The van der Waals surface area contributed by atoms with Gasteiger partial charge in [-0.1, -0.05) is 102 Å². The van der Waals surface area contributed by atoms with Crippen molar-refractivity contribution in [3.05, 3.63) is 24.3 Å². The van der Waals surface area contributed by atoms with Gasteiger partial charge in [0.2, 0.25) is 11.8 Å². The SMILES string of the molecule is CCCCCC(OC(=O)CCCC(=O)O)C(O)C/C=C\CCCCCCCC(=O)NCCNC(=O)CCCCCCC/C=C/CC(O)C(CCCCC)OC(=O)CCCC(=O)O. The number of unbranched alkanes of at least 4 members (excludes halogenated alkanes) is 14. The van der Waals surface area contributed by atoms with Gasteiger partial charge in [-0.25, -0.2) is 0 Å². The number of aliphatic hydroxyl groups excluding tert-OH is 2. The Morgan fingerprint density at radius 3 is 1.19 bits per heavy atom. The highest BCUT2D eigenvalue weighted by Gasteiger charge is 2.23. The van der Waals surface area contributed by atoms with E-state index in [1.165, 1.54) is 0 Å². The molecule has 0 bridgehead atoms. The molecule has 6 N–H and O–H groups in total. The van der Waals surface area contributed by atoms with Crippen LogP contribution in [0.4, 0.5) is 0 Å². The number of ether oxygens (including phenoxy) is 2. The van der Waals surface area contributed by atoms with Crippen LogP contribution in [0.25, 0.3) is 0 Å². The summed E-state index contributed by atoms with van der Waals surface area (Å²) >= 11 is 0. The van der Waals surface area contributed by atoms with E-state index in [-0.39, 0.29) is 50.3 Å². The number of carboxylic acids is 2. The Kier molecular flexibility index (Phi) is 38.7. The third-order valence-electron chi connectivity index (χ3n) is 10.6. The highest BCUT2D eigenvalue weighted by Crippen LogP contribution is 2.18. The Hall–Kier alpha value is -3.78. The van der Waals surface area contributed by atoms with Gasteiger partial charge < -0.3 is 40.5 Å². The van der Waals surface area contributed by atoms with E-state index in [1.807, 2.05) is 24.3 Å². The van der Waals surface area contributed by atoms with Crippen molar-refractivity contribution in [2.45, 2.75) is 231 Å². The van der Waals surface area contributed by atoms with Crippen LogP contribution in [0.15, 0.2) is 24.3 Å². The molecule has 0 saturated carbocycles. The summed E-state index contributed by atoms with van der Waals surface area (Å²) in [6, 6.07) is 0. The minimum Gasteiger partial charge on any atom is -0.481 e. The van der Waals surface area contributed by atoms with Gasteiger partial charge in [-0.3, -0.25) is 28.8 Å². The molecular weight excluding hydrogens is 797 g/mol. The number of carboxylic acid groups (broad SMARTS) is 2. The molecule has 62 heavy (non-hydrogen) atoms. The number of aliphatic carboxylic acids is 2. The van der Waals surface area contributed by atoms with Crippen molar-refractivity contribution in [2.75, 3.05) is 13.1 Å². The largest absolute Gasteiger partial charge is 0.481 e. The summed E-state index contributed by atoms with van der Waals surface area (Å²) in [5.74, 6) is -2.85. The van der Waals surface area contributed by atoms with E-state index in [0.29, 0.717) is 51.6 Å². The van der Waals surface area contributed by atoms with Crippen LogP contribution < -0.4 is 10.6 Å². The van der Waals surface area contributed by atoms with Gasteiger partial charge in [-0.15, -0.1) is 0 Å². The predicted octanol–water partition coefficient (Wildman–Crippen LogP) is 8.79. The van der Waals surface area contributed by atoms with Crippen molar-refractivity contribution < 1.29 is 58.7 Å². The van der Waals surface area contributed by atoms with Gasteiger partial charge in [-0.2, -0.15) is 0 Å². The number of nitrogens with one attached hydrogen (secondary N) is 2. The van der Waals surface area contributed by atoms with E-state index in [4.69, 9.17) is 19.7 Å². The molecule has 0 aliphatic rings. The van der Waals surface area contributed by atoms with Crippen LogP contribution in [-0.2, 0) is 38.2 Å². The van der Waals surface area contributed by atoms with E-state index >= 15 is 0 Å². The smallest absolute Gasteiger partial charge is 0.306 e. The molecule has 0 aromatic heterocycles. The lowest BCUT2D eigenvalue weighted by molar-refractivity contribution is -0.156. The van der Waals surface area contributed by atoms with Crippen LogP contribution in [0.3, 0.4) is 0 Å². The first-order valence-corrected chi connectivity index (χ1v) is 23.9. The number of allylic oxidation sites excluding steroid dienone is 2. The quantitative estimate of drug-likeness (QED) is 0.0192. The van der Waals surface area contributed by atoms with Gasteiger partial charge in [0, 0.05) is 51.6 Å². The summed E-state index contributed by atoms with van der Waals surface area (Å²) in [6.45, 7) is 4.98. The second kappa shape index (κ2) is 41.2. The highest BCUT2D eigenvalue weighted by atomic mass is 16.6. The fraction of sp³-hybridized carbons (Fsp3) is 0.792. The molecular formula is C48H84N2O12. The van der Waals surface area contributed by atoms with Crippen molar-refractivity contribution in [1.29, 1.82) is 0 Å². The summed E-state index contributed by atoms with van der Waals surface area (Å²) in [5.41, 5.74) is 0. The maximum absolute atomic E-state index is 12.2. The monoisotopic (exact) mass is 881 g/mol. The van der Waals surface area contributed by atoms with Gasteiger partial charge >= 0.3 is 23.9 Å². The number of esters is 2. The molecule has 0 aromatic carbocycles. The van der Waals surface area contributed by atoms with E-state index in [2.05, 4.69) is 24.5 Å². The number of amides is 2. The number of hydrogen-bond acceptors (Lipinski definition) is 10. The van der Waals surface area contributed by atoms with Crippen LogP contribution in [-0.4, -0.2) is 93.6 Å². The minimum atomic E-state index is -0.949. The van der Waals surface area contributed by atoms with Crippen molar-refractivity contribution in [3.8, 4) is 0 Å². The lowest BCUT2D eigenvalue weighted by Crippen LogP contribution is -2.34. The summed E-state index contributed by atoms with van der Waals surface area (Å²) in [5, 5.41) is 44.6. The van der Waals surface area contributed by atoms with Crippen LogP contribution in [0.5, 0.6) is 0 Å². The Labute approximate surface area is 372 Å². The van der Waals surface area contributed by atoms with Crippen LogP contribution >= 0.6 is 0 Å². The maximum Gasteiger partial charge on any atom is 0.306 e. The molecule has 0 spiro atoms. The molecule has 358 valence electrons. The van der Waals surface area contributed by atoms with Gasteiger partial charge in [0.1, 0.15) is 12.2 Å². The molecule has 0 radical (unpaired) electrons. The van der Waals surface area contributed by atoms with Crippen molar-refractivity contribution in [1.82, 2.24) is 10.6 Å². The van der Waals surface area contributed by atoms with Crippen molar-refractivity contribution >= 4 is 35.7 Å². The second-order valence-corrected chi connectivity index (χ2v) is 16.4. The number of aliphatic hydroxyl groups is 2. The second-order valence-electron chi connectivity index (χ2n) is 16.4. The molecule has 4 atom stereocenters. The average molecular weight is 881 g/mol. The maximum atomic E-state index is 12.2. The fourth-order valence-electron chi connectivity index (χ4n) is 6.82. The molecule has 4 unspecified atom stereocenters. The van der Waals surface area contributed by atoms with Gasteiger partial charge in [0.25, 0.3) is 0 Å². The minimum absolute atomic E-state index is 0.00969. The summed E-state index contributed by atoms with van der Waals surface area (Å²) < 4.78 is 11.0. The average Bonchev–Trinajstić information content (AvgIpc) is 3.22. The van der Waals surface area contributed by atoms with Gasteiger partial charge in [-0.05, 0) is 89.9 Å².